The van der Waals surface area contributed by atoms with Crippen LogP contribution < -0.4 is 15.8 Å². The van der Waals surface area contributed by atoms with Gasteiger partial charge in [-0.1, -0.05) is 25.1 Å². The summed E-state index contributed by atoms with van der Waals surface area (Å²) in [7, 11) is 1.58. The van der Waals surface area contributed by atoms with Crippen molar-refractivity contribution in [2.24, 2.45) is 5.73 Å². The molecule has 4 heteroatoms. The molecule has 0 saturated heterocycles. The lowest BCUT2D eigenvalue weighted by molar-refractivity contribution is 0.0875. The van der Waals surface area contributed by atoms with Gasteiger partial charge in [-0.25, -0.2) is 0 Å². The zero-order valence-corrected chi connectivity index (χ0v) is 10.7. The average Bonchev–Trinajstić information content (AvgIpc) is 2.81. The van der Waals surface area contributed by atoms with E-state index in [4.69, 9.17) is 10.5 Å². The summed E-state index contributed by atoms with van der Waals surface area (Å²) in [5, 5.41) is 3.10. The Labute approximate surface area is 107 Å². The average molecular weight is 246 g/mol. The van der Waals surface area contributed by atoms with Gasteiger partial charge in [0.05, 0.1) is 7.11 Å². The maximum absolute atomic E-state index is 12.4. The van der Waals surface area contributed by atoms with Gasteiger partial charge in [-0.05, 0) is 18.6 Å². The van der Waals surface area contributed by atoms with Crippen molar-refractivity contribution >= 4 is 5.78 Å². The fourth-order valence-corrected chi connectivity index (χ4v) is 2.08. The summed E-state index contributed by atoms with van der Waals surface area (Å²) in [6.07, 6.45) is 3.36. The number of allylic oxidation sites excluding steroid dienone is 1. The van der Waals surface area contributed by atoms with Crippen molar-refractivity contribution in [1.82, 2.24) is 5.32 Å². The quantitative estimate of drug-likeness (QED) is 0.795. The van der Waals surface area contributed by atoms with Gasteiger partial charge in [-0.3, -0.25) is 4.79 Å². The molecule has 0 aliphatic carbocycles. The SMILES string of the molecule is CCC1=CCC(N)(C(=O)c2cccc(OC)c2)N1. The van der Waals surface area contributed by atoms with E-state index in [9.17, 15) is 4.79 Å². The van der Waals surface area contributed by atoms with E-state index in [-0.39, 0.29) is 5.78 Å². The molecule has 0 aromatic heterocycles. The minimum Gasteiger partial charge on any atom is -0.497 e. The highest BCUT2D eigenvalue weighted by Gasteiger charge is 2.37. The first kappa shape index (κ1) is 12.6. The lowest BCUT2D eigenvalue weighted by Gasteiger charge is -2.25. The third kappa shape index (κ3) is 2.24. The molecule has 0 bridgehead atoms. The van der Waals surface area contributed by atoms with Crippen LogP contribution in [0.1, 0.15) is 30.1 Å². The number of hydrogen-bond acceptors (Lipinski definition) is 4. The number of nitrogens with two attached hydrogens (primary N) is 1. The number of rotatable bonds is 4. The fourth-order valence-electron chi connectivity index (χ4n) is 2.08. The minimum absolute atomic E-state index is 0.110. The molecule has 1 aliphatic rings. The molecule has 1 aromatic rings. The van der Waals surface area contributed by atoms with Crippen molar-refractivity contribution < 1.29 is 9.53 Å². The van der Waals surface area contributed by atoms with Gasteiger partial charge in [0, 0.05) is 17.7 Å². The topological polar surface area (TPSA) is 64.4 Å². The van der Waals surface area contributed by atoms with E-state index < -0.39 is 5.66 Å². The number of methoxy groups -OCH3 is 1. The van der Waals surface area contributed by atoms with Crippen molar-refractivity contribution in [2.75, 3.05) is 7.11 Å². The Morgan fingerprint density at radius 3 is 2.94 bits per heavy atom. The number of benzene rings is 1. The molecular formula is C14H18N2O2. The van der Waals surface area contributed by atoms with E-state index in [2.05, 4.69) is 5.32 Å². The molecule has 0 radical (unpaired) electrons. The number of nitrogens with one attached hydrogen (secondary N) is 1. The Bertz CT molecular complexity index is 496. The largest absolute Gasteiger partial charge is 0.497 e. The smallest absolute Gasteiger partial charge is 0.203 e. The van der Waals surface area contributed by atoms with Crippen LogP contribution >= 0.6 is 0 Å². The molecule has 0 spiro atoms. The van der Waals surface area contributed by atoms with Gasteiger partial charge in [0.2, 0.25) is 5.78 Å². The molecule has 18 heavy (non-hydrogen) atoms. The maximum Gasteiger partial charge on any atom is 0.203 e. The second kappa shape index (κ2) is 4.82. The van der Waals surface area contributed by atoms with Crippen molar-refractivity contribution in [3.8, 4) is 5.75 Å². The Balaban J connectivity index is 2.21. The van der Waals surface area contributed by atoms with Gasteiger partial charge < -0.3 is 15.8 Å². The summed E-state index contributed by atoms with van der Waals surface area (Å²) in [6, 6.07) is 7.06. The molecule has 1 aliphatic heterocycles. The first-order valence-corrected chi connectivity index (χ1v) is 6.04. The first-order chi connectivity index (χ1) is 8.59. The van der Waals surface area contributed by atoms with Crippen LogP contribution in [0.15, 0.2) is 36.0 Å². The van der Waals surface area contributed by atoms with Crippen LogP contribution in [0.4, 0.5) is 0 Å². The van der Waals surface area contributed by atoms with Crippen LogP contribution in [0.25, 0.3) is 0 Å². The lowest BCUT2D eigenvalue weighted by Crippen LogP contribution is -2.56. The zero-order chi connectivity index (χ0) is 13.2. The molecule has 1 unspecified atom stereocenters. The normalized spacial score (nSPS) is 22.3. The van der Waals surface area contributed by atoms with Gasteiger partial charge in [-0.15, -0.1) is 0 Å². The summed E-state index contributed by atoms with van der Waals surface area (Å²) < 4.78 is 5.12. The Morgan fingerprint density at radius 1 is 1.56 bits per heavy atom. The summed E-state index contributed by atoms with van der Waals surface area (Å²) in [5.41, 5.74) is 6.71. The number of carbonyl (C=O) groups excluding carboxylic acids is 1. The van der Waals surface area contributed by atoms with Crippen molar-refractivity contribution in [3.05, 3.63) is 41.6 Å². The third-order valence-electron chi connectivity index (χ3n) is 3.17. The number of carbonyl (C=O) groups is 1. The number of Topliss-reactive ketones (excluding diaryl/α,β-unsaturated/α-hetero) is 1. The molecule has 2 rings (SSSR count). The van der Waals surface area contributed by atoms with Gasteiger partial charge in [0.25, 0.3) is 0 Å². The van der Waals surface area contributed by atoms with Crippen LogP contribution in [-0.4, -0.2) is 18.6 Å². The molecule has 0 fully saturated rings. The molecule has 4 nitrogen and oxygen atoms in total. The summed E-state index contributed by atoms with van der Waals surface area (Å²) >= 11 is 0. The predicted octanol–water partition coefficient (Wildman–Crippen LogP) is 1.82. The fraction of sp³-hybridized carbons (Fsp3) is 0.357. The molecule has 0 amide bonds. The van der Waals surface area contributed by atoms with Crippen LogP contribution in [-0.2, 0) is 0 Å². The summed E-state index contributed by atoms with van der Waals surface area (Å²) in [5.74, 6) is 0.548. The van der Waals surface area contributed by atoms with Crippen LogP contribution in [0.5, 0.6) is 5.75 Å². The second-order valence-electron chi connectivity index (χ2n) is 4.44. The molecular weight excluding hydrogens is 228 g/mol. The Morgan fingerprint density at radius 2 is 2.33 bits per heavy atom. The van der Waals surface area contributed by atoms with Crippen LogP contribution in [0.2, 0.25) is 0 Å². The van der Waals surface area contributed by atoms with Crippen molar-refractivity contribution in [2.45, 2.75) is 25.4 Å². The van der Waals surface area contributed by atoms with E-state index in [1.807, 2.05) is 13.0 Å². The second-order valence-corrected chi connectivity index (χ2v) is 4.44. The Kier molecular flexibility index (Phi) is 3.39. The zero-order valence-electron chi connectivity index (χ0n) is 10.7. The van der Waals surface area contributed by atoms with Crippen LogP contribution in [0.3, 0.4) is 0 Å². The van der Waals surface area contributed by atoms with Gasteiger partial charge in [-0.2, -0.15) is 0 Å². The minimum atomic E-state index is -1.02. The molecule has 96 valence electrons. The predicted molar refractivity (Wildman–Crippen MR) is 70.4 cm³/mol. The molecule has 0 saturated carbocycles. The molecule has 1 aromatic carbocycles. The number of hydrogen-bond donors (Lipinski definition) is 2. The van der Waals surface area contributed by atoms with E-state index >= 15 is 0 Å². The van der Waals surface area contributed by atoms with E-state index in [1.54, 1.807) is 31.4 Å². The van der Waals surface area contributed by atoms with Gasteiger partial charge >= 0.3 is 0 Å². The van der Waals surface area contributed by atoms with Crippen molar-refractivity contribution in [1.29, 1.82) is 0 Å². The summed E-state index contributed by atoms with van der Waals surface area (Å²) in [6.45, 7) is 2.03. The third-order valence-corrected chi connectivity index (χ3v) is 3.17. The number of ketones is 1. The van der Waals surface area contributed by atoms with E-state index in [0.29, 0.717) is 17.7 Å². The van der Waals surface area contributed by atoms with E-state index in [0.717, 1.165) is 12.1 Å². The summed E-state index contributed by atoms with van der Waals surface area (Å²) in [4.78, 5) is 12.4. The van der Waals surface area contributed by atoms with E-state index in [1.165, 1.54) is 0 Å². The Hall–Kier alpha value is -1.81. The molecule has 1 heterocycles. The van der Waals surface area contributed by atoms with Crippen molar-refractivity contribution in [3.63, 3.8) is 0 Å². The highest BCUT2D eigenvalue weighted by Crippen LogP contribution is 2.23. The lowest BCUT2D eigenvalue weighted by atomic mass is 9.97. The molecule has 3 N–H and O–H groups in total. The monoisotopic (exact) mass is 246 g/mol. The maximum atomic E-state index is 12.4. The molecule has 1 atom stereocenters. The van der Waals surface area contributed by atoms with Gasteiger partial charge in [0.15, 0.2) is 5.66 Å². The standard InChI is InChI=1S/C14H18N2O2/c1-3-11-7-8-14(15,16-11)13(17)10-5-4-6-12(9-10)18-2/h4-7,9,16H,3,8,15H2,1-2H3. The van der Waals surface area contributed by atoms with Crippen LogP contribution in [0, 0.1) is 0 Å². The van der Waals surface area contributed by atoms with Gasteiger partial charge in [0.1, 0.15) is 5.75 Å². The highest BCUT2D eigenvalue weighted by molar-refractivity contribution is 6.03. The first-order valence-electron chi connectivity index (χ1n) is 6.04. The highest BCUT2D eigenvalue weighted by atomic mass is 16.5. The number of ether oxygens (including phenoxy) is 1.